The zero-order valence-electron chi connectivity index (χ0n) is 72.7. The van der Waals surface area contributed by atoms with Crippen molar-refractivity contribution in [2.45, 2.75) is 51.4 Å². The van der Waals surface area contributed by atoms with Gasteiger partial charge in [0.15, 0.2) is 11.6 Å². The lowest BCUT2D eigenvalue weighted by molar-refractivity contribution is -0.137. The zero-order chi connectivity index (χ0) is 93.5. The van der Waals surface area contributed by atoms with Crippen LogP contribution in [0.15, 0.2) is 400 Å². The molecule has 0 atom stereocenters. The lowest BCUT2D eigenvalue weighted by Gasteiger charge is -2.24. The molecule has 6 nitrogen and oxygen atoms in total. The first-order chi connectivity index (χ1) is 65.8. The molecular weight excluding hydrogens is 1730 g/mol. The fraction of sp³-hybridized carbons (Fsp3) is 0.0678. The van der Waals surface area contributed by atoms with Crippen molar-refractivity contribution in [3.63, 3.8) is 0 Å². The molecule has 17 aromatic carbocycles. The van der Waals surface area contributed by atoms with E-state index in [1.54, 1.807) is 47.0 Å². The van der Waals surface area contributed by atoms with Crippen LogP contribution in [0.2, 0.25) is 0 Å². The van der Waals surface area contributed by atoms with Gasteiger partial charge in [-0.2, -0.15) is 52.7 Å². The molecule has 0 aliphatic rings. The normalized spacial score (nSPS) is 12.1. The van der Waals surface area contributed by atoms with E-state index in [2.05, 4.69) is 30.3 Å². The summed E-state index contributed by atoms with van der Waals surface area (Å²) in [5.74, 6) is 0.570. The Morgan fingerprint density at radius 1 is 0.206 bits per heavy atom. The Morgan fingerprint density at radius 3 is 0.882 bits per heavy atom. The number of hydrogen-bond donors (Lipinski definition) is 0. The monoisotopic (exact) mass is 1800 g/mol. The molecule has 4 heterocycles. The van der Waals surface area contributed by atoms with Crippen molar-refractivity contribution in [1.82, 2.24) is 29.1 Å². The molecule has 0 amide bonds. The van der Waals surface area contributed by atoms with Gasteiger partial charge in [0.25, 0.3) is 0 Å². The van der Waals surface area contributed by atoms with Crippen LogP contribution in [-0.4, -0.2) is 29.1 Å². The van der Waals surface area contributed by atoms with Gasteiger partial charge in [-0.05, 0) is 202 Å². The second kappa shape index (κ2) is 34.7. The van der Waals surface area contributed by atoms with E-state index in [0.717, 1.165) is 79.9 Å². The van der Waals surface area contributed by atoms with Crippen molar-refractivity contribution in [2.75, 3.05) is 0 Å². The van der Waals surface area contributed by atoms with Crippen LogP contribution in [0.1, 0.15) is 44.5 Å². The molecule has 0 aliphatic carbocycles. The number of aryl methyl sites for hydroxylation is 4. The molecule has 0 unspecified atom stereocenters. The predicted molar refractivity (Wildman–Crippen MR) is 520 cm³/mol. The van der Waals surface area contributed by atoms with Gasteiger partial charge in [-0.1, -0.05) is 303 Å². The molecule has 21 rings (SSSR count). The van der Waals surface area contributed by atoms with Crippen molar-refractivity contribution in [3.8, 4) is 157 Å². The SMILES string of the molecule is Cc1ccc(-c2ccc3c(c2)c2cc(-c4ccc(CCc5ccc(-c6ccc7c(c6)c6ccccc6n7-c6c(-c7ccccc7C(F)(F)F)cc(-c7cc(-c8ccccc8)nc(-c8ccccc8)n7)cc6-c6ccccc6C(F)(F)F)c(C)c5)cc4)ccc2n3-c2c(-c3ccccc3C(F)(F)F)cc(-c3cc(-c4ccccc4)nc(-c4ccccc4)n3)cc2-c2ccccc2C(F)(F)F)cc1. The average Bonchev–Trinajstić information content (AvgIpc) is 1.58. The van der Waals surface area contributed by atoms with Gasteiger partial charge in [0.1, 0.15) is 0 Å². The maximum Gasteiger partial charge on any atom is 0.417 e. The van der Waals surface area contributed by atoms with Crippen LogP contribution in [0.3, 0.4) is 0 Å². The highest BCUT2D eigenvalue weighted by Gasteiger charge is 2.41. The Hall–Kier alpha value is -16.3. The highest BCUT2D eigenvalue weighted by Crippen LogP contribution is 2.54. The first kappa shape index (κ1) is 86.4. The van der Waals surface area contributed by atoms with Crippen molar-refractivity contribution in [1.29, 1.82) is 0 Å². The molecule has 0 saturated carbocycles. The van der Waals surface area contributed by atoms with Gasteiger partial charge >= 0.3 is 24.7 Å². The first-order valence-electron chi connectivity index (χ1n) is 44.2. The van der Waals surface area contributed by atoms with E-state index >= 15 is 52.7 Å². The van der Waals surface area contributed by atoms with E-state index in [1.165, 1.54) is 72.8 Å². The van der Waals surface area contributed by atoms with Gasteiger partial charge in [-0.3, -0.25) is 0 Å². The van der Waals surface area contributed by atoms with Crippen LogP contribution < -0.4 is 0 Å². The van der Waals surface area contributed by atoms with Crippen LogP contribution in [0, 0.1) is 13.8 Å². The Bertz CT molecular complexity index is 7930. The average molecular weight is 1810 g/mol. The van der Waals surface area contributed by atoms with Crippen LogP contribution in [0.5, 0.6) is 0 Å². The highest BCUT2D eigenvalue weighted by atomic mass is 19.4. The van der Waals surface area contributed by atoms with Crippen molar-refractivity contribution < 1.29 is 52.7 Å². The Balaban J connectivity index is 0.656. The highest BCUT2D eigenvalue weighted by molar-refractivity contribution is 6.15. The van der Waals surface area contributed by atoms with Crippen LogP contribution in [0.4, 0.5) is 52.7 Å². The molecule has 21 aromatic rings. The smallest absolute Gasteiger partial charge is 0.308 e. The van der Waals surface area contributed by atoms with Gasteiger partial charge in [0, 0.05) is 77.2 Å². The molecule has 0 aliphatic heterocycles. The summed E-state index contributed by atoms with van der Waals surface area (Å²) in [6.45, 7) is 4.01. The number of hydrogen-bond acceptors (Lipinski definition) is 4. The zero-order valence-corrected chi connectivity index (χ0v) is 72.7. The van der Waals surface area contributed by atoms with Gasteiger partial charge < -0.3 is 9.13 Å². The molecule has 0 bridgehead atoms. The summed E-state index contributed by atoms with van der Waals surface area (Å²) in [7, 11) is 0. The summed E-state index contributed by atoms with van der Waals surface area (Å²) >= 11 is 0. The molecule has 662 valence electrons. The van der Waals surface area contributed by atoms with E-state index in [0.29, 0.717) is 90.1 Å². The molecule has 136 heavy (non-hydrogen) atoms. The fourth-order valence-electron chi connectivity index (χ4n) is 19.0. The van der Waals surface area contributed by atoms with Gasteiger partial charge in [-0.15, -0.1) is 0 Å². The second-order valence-corrected chi connectivity index (χ2v) is 34.0. The molecule has 0 radical (unpaired) electrons. The number of aromatic nitrogens is 6. The number of fused-ring (bicyclic) bond motifs is 6. The summed E-state index contributed by atoms with van der Waals surface area (Å²) in [6.07, 6.45) is -18.5. The minimum atomic E-state index is -4.94. The van der Waals surface area contributed by atoms with E-state index in [4.69, 9.17) is 19.9 Å². The standard InChI is InChI=1S/C118H76F12N6/c1-71-43-50-75(51-44-71)81-54-58-109-93(62-81)94-63-82(55-59-110(94)136(109)112-97(89-35-17-22-40-101(89)117(125,126)127)67-85(68-98(112)90-36-18-23-41-102(90)118(128,129)130)106-70-104(78-27-9-4-10-28-78)132-114(134-106)80-31-13-6-14-32-80)76-52-47-73(48-53-76)45-46-74-49-57-86(72(2)61-74)83-56-60-108-92(64-83)91-37-19-24-42-107(91)135(108)111-95(87-33-15-20-38-99(87)115(119,120)121)65-84(66-96(111)88-34-16-21-39-100(88)116(122,123)124)105-69-103(77-25-7-3-8-26-77)131-113(133-105)79-29-11-5-12-30-79/h3-44,47-70H,45-46H2,1-2H3. The summed E-state index contributed by atoms with van der Waals surface area (Å²) in [4.78, 5) is 20.1. The quantitative estimate of drug-likeness (QED) is 0.0803. The number of halogens is 12. The predicted octanol–water partition coefficient (Wildman–Crippen LogP) is 33.6. The van der Waals surface area contributed by atoms with Crippen LogP contribution in [0.25, 0.3) is 201 Å². The fourth-order valence-corrected chi connectivity index (χ4v) is 19.0. The number of rotatable bonds is 18. The van der Waals surface area contributed by atoms with Crippen LogP contribution in [-0.2, 0) is 37.5 Å². The Labute approximate surface area is 774 Å². The van der Waals surface area contributed by atoms with Crippen LogP contribution >= 0.6 is 0 Å². The molecular formula is C118H76F12N6. The minimum Gasteiger partial charge on any atom is -0.308 e. The maximum atomic E-state index is 16.0. The number of para-hydroxylation sites is 1. The van der Waals surface area contributed by atoms with E-state index in [9.17, 15) is 0 Å². The Morgan fingerprint density at radius 2 is 0.500 bits per heavy atom. The van der Waals surface area contributed by atoms with E-state index < -0.39 is 47.0 Å². The molecule has 0 saturated heterocycles. The summed E-state index contributed by atoms with van der Waals surface area (Å²) in [5.41, 5.74) is 10.7. The molecule has 0 spiro atoms. The lowest BCUT2D eigenvalue weighted by atomic mass is 9.88. The molecule has 0 N–H and O–H groups in total. The largest absolute Gasteiger partial charge is 0.417 e. The molecule has 4 aromatic heterocycles. The third kappa shape index (κ3) is 16.5. The number of benzene rings is 17. The van der Waals surface area contributed by atoms with E-state index in [1.807, 2.05) is 249 Å². The maximum absolute atomic E-state index is 16.0. The minimum absolute atomic E-state index is 0.00796. The molecule has 0 fully saturated rings. The summed E-state index contributed by atoms with van der Waals surface area (Å²) in [5, 5.41) is 2.73. The van der Waals surface area contributed by atoms with Crippen molar-refractivity contribution >= 4 is 43.6 Å². The third-order valence-corrected chi connectivity index (χ3v) is 25.4. The van der Waals surface area contributed by atoms with Crippen molar-refractivity contribution in [2.24, 2.45) is 0 Å². The van der Waals surface area contributed by atoms with Gasteiger partial charge in [0.05, 0.1) is 78.5 Å². The summed E-state index contributed by atoms with van der Waals surface area (Å²) in [6, 6.07) is 115. The van der Waals surface area contributed by atoms with Crippen molar-refractivity contribution in [3.05, 3.63) is 445 Å². The second-order valence-electron chi connectivity index (χ2n) is 34.0. The molecule has 18 heteroatoms. The topological polar surface area (TPSA) is 61.4 Å². The number of nitrogens with zero attached hydrogens (tertiary/aromatic N) is 6. The summed E-state index contributed by atoms with van der Waals surface area (Å²) < 4.78 is 195. The van der Waals surface area contributed by atoms with Gasteiger partial charge in [-0.25, -0.2) is 19.9 Å². The third-order valence-electron chi connectivity index (χ3n) is 25.4. The van der Waals surface area contributed by atoms with E-state index in [-0.39, 0.29) is 90.0 Å². The van der Waals surface area contributed by atoms with Gasteiger partial charge in [0.2, 0.25) is 0 Å². The lowest BCUT2D eigenvalue weighted by Crippen LogP contribution is -2.11. The first-order valence-corrected chi connectivity index (χ1v) is 44.2. The Kier molecular flexibility index (Phi) is 22.0. The number of alkyl halides is 12.